The standard InChI is InChI=1S/C13H16N2O4/c1-9-2-3-11(12(6-9)15(18)19)14-5-4-10(8-14)7-13(16)17/h2-3,6,10H,4-5,7-8H2,1H3,(H,16,17). The molecule has 1 heterocycles. The van der Waals surface area contributed by atoms with Gasteiger partial charge in [0, 0.05) is 25.6 Å². The molecule has 0 aromatic heterocycles. The Labute approximate surface area is 110 Å². The molecule has 2 rings (SSSR count). The van der Waals surface area contributed by atoms with Crippen LogP contribution < -0.4 is 4.90 Å². The van der Waals surface area contributed by atoms with Crippen LogP contribution in [0.2, 0.25) is 0 Å². The van der Waals surface area contributed by atoms with E-state index in [0.717, 1.165) is 12.0 Å². The minimum Gasteiger partial charge on any atom is -0.481 e. The zero-order chi connectivity index (χ0) is 14.0. The Bertz CT molecular complexity index is 515. The Kier molecular flexibility index (Phi) is 3.69. The van der Waals surface area contributed by atoms with Crippen LogP contribution in [0, 0.1) is 23.0 Å². The second-order valence-electron chi connectivity index (χ2n) is 4.95. The minimum absolute atomic E-state index is 0.0680. The number of nitro groups is 1. The Morgan fingerprint density at radius 2 is 2.32 bits per heavy atom. The monoisotopic (exact) mass is 264 g/mol. The van der Waals surface area contributed by atoms with Gasteiger partial charge in [0.25, 0.3) is 5.69 Å². The molecule has 6 heteroatoms. The molecule has 0 saturated carbocycles. The number of carboxylic acids is 1. The van der Waals surface area contributed by atoms with Gasteiger partial charge in [-0.1, -0.05) is 6.07 Å². The number of aliphatic carboxylic acids is 1. The summed E-state index contributed by atoms with van der Waals surface area (Å²) >= 11 is 0. The molecule has 1 fully saturated rings. The summed E-state index contributed by atoms with van der Waals surface area (Å²) < 4.78 is 0. The summed E-state index contributed by atoms with van der Waals surface area (Å²) in [6.45, 7) is 3.05. The largest absolute Gasteiger partial charge is 0.481 e. The van der Waals surface area contributed by atoms with Gasteiger partial charge in [-0.15, -0.1) is 0 Å². The van der Waals surface area contributed by atoms with Gasteiger partial charge in [-0.3, -0.25) is 14.9 Å². The maximum Gasteiger partial charge on any atom is 0.303 e. The van der Waals surface area contributed by atoms with Crippen molar-refractivity contribution < 1.29 is 14.8 Å². The first kappa shape index (κ1) is 13.3. The molecule has 1 aliphatic rings. The van der Waals surface area contributed by atoms with Crippen LogP contribution in [0.25, 0.3) is 0 Å². The third-order valence-electron chi connectivity index (χ3n) is 3.42. The Hall–Kier alpha value is -2.11. The van der Waals surface area contributed by atoms with Crippen LogP contribution in [0.5, 0.6) is 0 Å². The van der Waals surface area contributed by atoms with Crippen molar-refractivity contribution in [3.63, 3.8) is 0 Å². The summed E-state index contributed by atoms with van der Waals surface area (Å²) in [5.74, 6) is -0.747. The van der Waals surface area contributed by atoms with Crippen molar-refractivity contribution >= 4 is 17.3 Å². The highest BCUT2D eigenvalue weighted by molar-refractivity contribution is 5.68. The third-order valence-corrected chi connectivity index (χ3v) is 3.42. The second-order valence-corrected chi connectivity index (χ2v) is 4.95. The van der Waals surface area contributed by atoms with Crippen molar-refractivity contribution in [1.29, 1.82) is 0 Å². The van der Waals surface area contributed by atoms with Crippen LogP contribution in [0.4, 0.5) is 11.4 Å². The van der Waals surface area contributed by atoms with Gasteiger partial charge in [0.2, 0.25) is 0 Å². The smallest absolute Gasteiger partial charge is 0.303 e. The molecule has 1 aromatic rings. The van der Waals surface area contributed by atoms with Gasteiger partial charge in [-0.05, 0) is 30.9 Å². The molecule has 1 atom stereocenters. The van der Waals surface area contributed by atoms with E-state index in [1.54, 1.807) is 12.1 Å². The van der Waals surface area contributed by atoms with Crippen molar-refractivity contribution in [3.05, 3.63) is 33.9 Å². The highest BCUT2D eigenvalue weighted by Gasteiger charge is 2.28. The van der Waals surface area contributed by atoms with Crippen LogP contribution >= 0.6 is 0 Å². The maximum atomic E-state index is 11.1. The summed E-state index contributed by atoms with van der Waals surface area (Å²) in [4.78, 5) is 23.3. The molecule has 1 unspecified atom stereocenters. The van der Waals surface area contributed by atoms with E-state index in [4.69, 9.17) is 5.11 Å². The van der Waals surface area contributed by atoms with E-state index in [2.05, 4.69) is 0 Å². The quantitative estimate of drug-likeness (QED) is 0.665. The number of hydrogen-bond acceptors (Lipinski definition) is 4. The lowest BCUT2D eigenvalue weighted by Gasteiger charge is -2.18. The predicted octanol–water partition coefficient (Wildman–Crippen LogP) is 2.20. The number of anilines is 1. The van der Waals surface area contributed by atoms with Gasteiger partial charge in [-0.25, -0.2) is 0 Å². The summed E-state index contributed by atoms with van der Waals surface area (Å²) in [7, 11) is 0. The number of rotatable bonds is 4. The van der Waals surface area contributed by atoms with Crippen LogP contribution in [0.15, 0.2) is 18.2 Å². The number of nitro benzene ring substituents is 1. The van der Waals surface area contributed by atoms with Gasteiger partial charge in [-0.2, -0.15) is 0 Å². The number of carboxylic acid groups (broad SMARTS) is 1. The van der Waals surface area contributed by atoms with E-state index in [9.17, 15) is 14.9 Å². The third kappa shape index (κ3) is 3.01. The van der Waals surface area contributed by atoms with Gasteiger partial charge >= 0.3 is 5.97 Å². The van der Waals surface area contributed by atoms with E-state index in [-0.39, 0.29) is 22.9 Å². The summed E-state index contributed by atoms with van der Waals surface area (Å²) in [5, 5.41) is 19.9. The first-order valence-corrected chi connectivity index (χ1v) is 6.19. The zero-order valence-electron chi connectivity index (χ0n) is 10.7. The summed E-state index contributed by atoms with van der Waals surface area (Å²) in [6, 6.07) is 5.14. The molecule has 0 aliphatic carbocycles. The van der Waals surface area contributed by atoms with Crippen molar-refractivity contribution in [2.24, 2.45) is 5.92 Å². The number of nitrogens with zero attached hydrogens (tertiary/aromatic N) is 2. The summed E-state index contributed by atoms with van der Waals surface area (Å²) in [6.07, 6.45) is 0.882. The first-order chi connectivity index (χ1) is 8.97. The number of hydrogen-bond donors (Lipinski definition) is 1. The Morgan fingerprint density at radius 3 is 2.95 bits per heavy atom. The fraction of sp³-hybridized carbons (Fsp3) is 0.462. The average Bonchev–Trinajstić information content (AvgIpc) is 2.76. The Balaban J connectivity index is 2.19. The molecule has 0 bridgehead atoms. The van der Waals surface area contributed by atoms with Crippen molar-refractivity contribution in [2.45, 2.75) is 19.8 Å². The number of aryl methyl sites for hydroxylation is 1. The van der Waals surface area contributed by atoms with Crippen LogP contribution in [0.3, 0.4) is 0 Å². The van der Waals surface area contributed by atoms with Gasteiger partial charge in [0.15, 0.2) is 0 Å². The first-order valence-electron chi connectivity index (χ1n) is 6.19. The van der Waals surface area contributed by atoms with E-state index in [1.165, 1.54) is 0 Å². The maximum absolute atomic E-state index is 11.1. The summed E-state index contributed by atoms with van der Waals surface area (Å²) in [5.41, 5.74) is 1.52. The molecule has 102 valence electrons. The Morgan fingerprint density at radius 1 is 1.58 bits per heavy atom. The lowest BCUT2D eigenvalue weighted by Crippen LogP contribution is -2.21. The molecule has 1 aromatic carbocycles. The highest BCUT2D eigenvalue weighted by atomic mass is 16.6. The van der Waals surface area contributed by atoms with Crippen molar-refractivity contribution in [2.75, 3.05) is 18.0 Å². The van der Waals surface area contributed by atoms with Crippen LogP contribution in [-0.2, 0) is 4.79 Å². The van der Waals surface area contributed by atoms with E-state index in [1.807, 2.05) is 17.9 Å². The van der Waals surface area contributed by atoms with Gasteiger partial charge < -0.3 is 10.0 Å². The van der Waals surface area contributed by atoms with Crippen molar-refractivity contribution in [1.82, 2.24) is 0 Å². The normalized spacial score (nSPS) is 18.6. The molecule has 6 nitrogen and oxygen atoms in total. The highest BCUT2D eigenvalue weighted by Crippen LogP contribution is 2.33. The second kappa shape index (κ2) is 5.26. The fourth-order valence-electron chi connectivity index (χ4n) is 2.51. The molecule has 0 radical (unpaired) electrons. The van der Waals surface area contributed by atoms with Gasteiger partial charge in [0.1, 0.15) is 5.69 Å². The van der Waals surface area contributed by atoms with Crippen LogP contribution in [0.1, 0.15) is 18.4 Å². The SMILES string of the molecule is Cc1ccc(N2CCC(CC(=O)O)C2)c([N+](=O)[O-])c1. The minimum atomic E-state index is -0.815. The lowest BCUT2D eigenvalue weighted by molar-refractivity contribution is -0.384. The fourth-order valence-corrected chi connectivity index (χ4v) is 2.51. The lowest BCUT2D eigenvalue weighted by atomic mass is 10.1. The van der Waals surface area contributed by atoms with Crippen molar-refractivity contribution in [3.8, 4) is 0 Å². The van der Waals surface area contributed by atoms with E-state index in [0.29, 0.717) is 18.8 Å². The van der Waals surface area contributed by atoms with E-state index < -0.39 is 5.97 Å². The van der Waals surface area contributed by atoms with E-state index >= 15 is 0 Å². The topological polar surface area (TPSA) is 83.7 Å². The molecule has 0 spiro atoms. The molecule has 0 amide bonds. The molecular formula is C13H16N2O4. The molecule has 19 heavy (non-hydrogen) atoms. The number of carbonyl (C=O) groups is 1. The van der Waals surface area contributed by atoms with Gasteiger partial charge in [0.05, 0.1) is 4.92 Å². The van der Waals surface area contributed by atoms with Crippen LogP contribution in [-0.4, -0.2) is 29.1 Å². The molecule has 1 N–H and O–H groups in total. The molecule has 1 saturated heterocycles. The predicted molar refractivity (Wildman–Crippen MR) is 70.4 cm³/mol. The zero-order valence-corrected chi connectivity index (χ0v) is 10.7. The molecule has 1 aliphatic heterocycles. The number of benzene rings is 1. The average molecular weight is 264 g/mol. The molecular weight excluding hydrogens is 248 g/mol.